The van der Waals surface area contributed by atoms with Crippen LogP contribution >= 0.6 is 24.0 Å². The van der Waals surface area contributed by atoms with Gasteiger partial charge in [0.2, 0.25) is 5.91 Å². The van der Waals surface area contributed by atoms with Gasteiger partial charge in [-0.2, -0.15) is 0 Å². The summed E-state index contributed by atoms with van der Waals surface area (Å²) in [6.07, 6.45) is 7.93. The number of rotatable bonds is 7. The van der Waals surface area contributed by atoms with Crippen molar-refractivity contribution in [2.75, 3.05) is 20.2 Å². The van der Waals surface area contributed by atoms with Crippen molar-refractivity contribution in [3.63, 3.8) is 0 Å². The van der Waals surface area contributed by atoms with E-state index in [4.69, 9.17) is 4.74 Å². The molecule has 3 aliphatic rings. The van der Waals surface area contributed by atoms with E-state index in [9.17, 15) is 4.79 Å². The van der Waals surface area contributed by atoms with Crippen LogP contribution in [-0.4, -0.2) is 49.1 Å². The van der Waals surface area contributed by atoms with Crippen LogP contribution in [0.2, 0.25) is 0 Å². The average Bonchev–Trinajstić information content (AvgIpc) is 3.43. The summed E-state index contributed by atoms with van der Waals surface area (Å²) in [4.78, 5) is 18.9. The lowest BCUT2D eigenvalue weighted by Crippen LogP contribution is -2.65. The van der Waals surface area contributed by atoms with E-state index < -0.39 is 0 Å². The normalized spacial score (nSPS) is 23.8. The second-order valence-corrected chi connectivity index (χ2v) is 8.94. The Hall–Kier alpha value is -1.35. The van der Waals surface area contributed by atoms with Crippen LogP contribution in [0, 0.1) is 5.41 Å². The molecule has 1 aliphatic heterocycles. The molecule has 1 aromatic carbocycles. The van der Waals surface area contributed by atoms with Crippen molar-refractivity contribution in [2.45, 2.75) is 77.1 Å². The zero-order valence-corrected chi connectivity index (χ0v) is 21.2. The standard InChI is InChI=1S/C24H36N4O2.HI/c1-3-30-21-15-20(24(21)12-6-7-13-24)27-23(25-2)26-14-8-11-22(29)28-16-18-9-4-5-10-19(18)17-28;/h4-5,9-10,20-21H,3,6-8,11-17H2,1-2H3,(H2,25,26,27);1H. The molecule has 1 aromatic rings. The number of hydrogen-bond acceptors (Lipinski definition) is 3. The molecule has 0 aromatic heterocycles. The summed E-state index contributed by atoms with van der Waals surface area (Å²) in [5.41, 5.74) is 2.84. The number of fused-ring (bicyclic) bond motifs is 1. The smallest absolute Gasteiger partial charge is 0.223 e. The summed E-state index contributed by atoms with van der Waals surface area (Å²) in [6.45, 7) is 5.13. The molecule has 1 amide bonds. The highest BCUT2D eigenvalue weighted by Gasteiger charge is 2.56. The van der Waals surface area contributed by atoms with Crippen LogP contribution < -0.4 is 10.6 Å². The highest BCUT2D eigenvalue weighted by atomic mass is 127. The third kappa shape index (κ3) is 5.18. The molecular weight excluding hydrogens is 503 g/mol. The lowest BCUT2D eigenvalue weighted by Gasteiger charge is -2.54. The number of halogens is 1. The molecule has 0 saturated heterocycles. The summed E-state index contributed by atoms with van der Waals surface area (Å²) in [7, 11) is 1.82. The molecule has 0 radical (unpaired) electrons. The van der Waals surface area contributed by atoms with Crippen molar-refractivity contribution >= 4 is 35.8 Å². The van der Waals surface area contributed by atoms with Gasteiger partial charge < -0.3 is 20.3 Å². The Balaban J connectivity index is 0.00000272. The van der Waals surface area contributed by atoms with Crippen molar-refractivity contribution in [3.05, 3.63) is 35.4 Å². The van der Waals surface area contributed by atoms with Gasteiger partial charge in [0.15, 0.2) is 5.96 Å². The number of hydrogen-bond donors (Lipinski definition) is 2. The lowest BCUT2D eigenvalue weighted by atomic mass is 9.60. The first-order chi connectivity index (χ1) is 14.7. The number of carbonyl (C=O) groups is 1. The van der Waals surface area contributed by atoms with Gasteiger partial charge in [-0.15, -0.1) is 24.0 Å². The van der Waals surface area contributed by atoms with E-state index >= 15 is 0 Å². The summed E-state index contributed by atoms with van der Waals surface area (Å²) in [5, 5.41) is 7.06. The molecule has 172 valence electrons. The van der Waals surface area contributed by atoms with Gasteiger partial charge in [-0.05, 0) is 43.7 Å². The summed E-state index contributed by atoms with van der Waals surface area (Å²) >= 11 is 0. The fraction of sp³-hybridized carbons (Fsp3) is 0.667. The average molecular weight is 540 g/mol. The molecular formula is C24H37IN4O2. The van der Waals surface area contributed by atoms with E-state index in [0.717, 1.165) is 45.0 Å². The van der Waals surface area contributed by atoms with Crippen LogP contribution in [0.1, 0.15) is 63.0 Å². The summed E-state index contributed by atoms with van der Waals surface area (Å²) in [5.74, 6) is 1.08. The van der Waals surface area contributed by atoms with Crippen molar-refractivity contribution in [2.24, 2.45) is 10.4 Å². The molecule has 6 nitrogen and oxygen atoms in total. The Labute approximate surface area is 203 Å². The van der Waals surface area contributed by atoms with Crippen molar-refractivity contribution in [1.82, 2.24) is 15.5 Å². The molecule has 4 rings (SSSR count). The quantitative estimate of drug-likeness (QED) is 0.239. The molecule has 2 N–H and O–H groups in total. The predicted octanol–water partition coefficient (Wildman–Crippen LogP) is 3.83. The minimum Gasteiger partial charge on any atom is -0.378 e. The third-order valence-electron chi connectivity index (χ3n) is 7.28. The maximum atomic E-state index is 12.6. The van der Waals surface area contributed by atoms with Gasteiger partial charge in [0.1, 0.15) is 0 Å². The Morgan fingerprint density at radius 2 is 1.90 bits per heavy atom. The number of guanidine groups is 1. The molecule has 2 aliphatic carbocycles. The molecule has 2 atom stereocenters. The summed E-state index contributed by atoms with van der Waals surface area (Å²) < 4.78 is 6.02. The van der Waals surface area contributed by atoms with Gasteiger partial charge in [0.25, 0.3) is 0 Å². The minimum atomic E-state index is 0. The van der Waals surface area contributed by atoms with E-state index in [1.165, 1.54) is 36.8 Å². The number of ether oxygens (including phenoxy) is 1. The first kappa shape index (κ1) is 24.3. The van der Waals surface area contributed by atoms with Crippen LogP contribution in [0.25, 0.3) is 0 Å². The van der Waals surface area contributed by atoms with Crippen molar-refractivity contribution < 1.29 is 9.53 Å². The van der Waals surface area contributed by atoms with Crippen LogP contribution in [0.15, 0.2) is 29.3 Å². The van der Waals surface area contributed by atoms with Gasteiger partial charge in [-0.1, -0.05) is 37.1 Å². The molecule has 2 unspecified atom stereocenters. The molecule has 1 spiro atoms. The van der Waals surface area contributed by atoms with Crippen LogP contribution in [0.3, 0.4) is 0 Å². The van der Waals surface area contributed by atoms with Crippen LogP contribution in [0.4, 0.5) is 0 Å². The molecule has 31 heavy (non-hydrogen) atoms. The highest BCUT2D eigenvalue weighted by molar-refractivity contribution is 14.0. The molecule has 2 saturated carbocycles. The number of aliphatic imine (C=N–C) groups is 1. The Kier molecular flexibility index (Phi) is 8.61. The van der Waals surface area contributed by atoms with Gasteiger partial charge in [0, 0.05) is 51.2 Å². The summed E-state index contributed by atoms with van der Waals surface area (Å²) in [6, 6.07) is 8.77. The topological polar surface area (TPSA) is 66.0 Å². The number of nitrogens with zero attached hydrogens (tertiary/aromatic N) is 2. The zero-order valence-electron chi connectivity index (χ0n) is 18.9. The highest BCUT2D eigenvalue weighted by Crippen LogP contribution is 2.54. The first-order valence-corrected chi connectivity index (χ1v) is 11.6. The fourth-order valence-corrected chi connectivity index (χ4v) is 5.56. The van der Waals surface area contributed by atoms with E-state index in [1.54, 1.807) is 0 Å². The first-order valence-electron chi connectivity index (χ1n) is 11.6. The molecule has 7 heteroatoms. The van der Waals surface area contributed by atoms with Crippen molar-refractivity contribution in [3.8, 4) is 0 Å². The van der Waals surface area contributed by atoms with E-state index in [0.29, 0.717) is 18.6 Å². The lowest BCUT2D eigenvalue weighted by molar-refractivity contribution is -0.131. The third-order valence-corrected chi connectivity index (χ3v) is 7.28. The largest absolute Gasteiger partial charge is 0.378 e. The Bertz CT molecular complexity index is 754. The minimum absolute atomic E-state index is 0. The molecule has 0 bridgehead atoms. The predicted molar refractivity (Wildman–Crippen MR) is 135 cm³/mol. The van der Waals surface area contributed by atoms with Gasteiger partial charge in [-0.3, -0.25) is 9.79 Å². The van der Waals surface area contributed by atoms with Gasteiger partial charge >= 0.3 is 0 Å². The van der Waals surface area contributed by atoms with Gasteiger partial charge in [-0.25, -0.2) is 0 Å². The van der Waals surface area contributed by atoms with E-state index in [2.05, 4.69) is 34.7 Å². The van der Waals surface area contributed by atoms with Crippen molar-refractivity contribution in [1.29, 1.82) is 0 Å². The number of carbonyl (C=O) groups excluding carboxylic acids is 1. The van der Waals surface area contributed by atoms with Crippen LogP contribution in [0.5, 0.6) is 0 Å². The molecule has 1 heterocycles. The second kappa shape index (κ2) is 11.0. The van der Waals surface area contributed by atoms with E-state index in [-0.39, 0.29) is 35.3 Å². The number of benzene rings is 1. The van der Waals surface area contributed by atoms with Crippen LogP contribution in [-0.2, 0) is 22.6 Å². The monoisotopic (exact) mass is 540 g/mol. The SMILES string of the molecule is CCOC1CC(NC(=NC)NCCCC(=O)N2Cc3ccccc3C2)C12CCCC2.I. The molecule has 2 fully saturated rings. The second-order valence-electron chi connectivity index (χ2n) is 8.94. The Morgan fingerprint density at radius 1 is 1.23 bits per heavy atom. The van der Waals surface area contributed by atoms with E-state index in [1.807, 2.05) is 24.1 Å². The zero-order chi connectivity index (χ0) is 21.0. The van der Waals surface area contributed by atoms with Gasteiger partial charge in [0.05, 0.1) is 6.10 Å². The Morgan fingerprint density at radius 3 is 2.52 bits per heavy atom. The fourth-order valence-electron chi connectivity index (χ4n) is 5.56. The maximum absolute atomic E-state index is 12.6. The number of nitrogens with one attached hydrogen (secondary N) is 2. The maximum Gasteiger partial charge on any atom is 0.223 e. The number of amides is 1.